The maximum absolute atomic E-state index is 14.8. The van der Waals surface area contributed by atoms with Crippen molar-refractivity contribution in [3.8, 4) is 17.0 Å². The average molecular weight is 467 g/mol. The minimum atomic E-state index is -1.06. The van der Waals surface area contributed by atoms with Gasteiger partial charge in [0.15, 0.2) is 0 Å². The van der Waals surface area contributed by atoms with E-state index in [9.17, 15) is 14.0 Å². The quantitative estimate of drug-likeness (QED) is 0.464. The summed E-state index contributed by atoms with van der Waals surface area (Å²) in [5.41, 5.74) is 6.98. The van der Waals surface area contributed by atoms with Crippen LogP contribution in [-0.4, -0.2) is 27.0 Å². The average Bonchev–Trinajstić information content (AvgIpc) is 3.56. The largest absolute Gasteiger partial charge is 0.410 e. The highest BCUT2D eigenvalue weighted by molar-refractivity contribution is 6.33. The van der Waals surface area contributed by atoms with Crippen LogP contribution in [0, 0.1) is 5.82 Å². The number of hydrogen-bond acceptors (Lipinski definition) is 6. The van der Waals surface area contributed by atoms with Crippen LogP contribution in [0.2, 0.25) is 5.02 Å². The number of hydrogen-bond donors (Lipinski definition) is 1. The van der Waals surface area contributed by atoms with Gasteiger partial charge in [0.05, 0.1) is 10.6 Å². The Balaban J connectivity index is 1.54. The summed E-state index contributed by atoms with van der Waals surface area (Å²) in [6.45, 7) is 0. The fourth-order valence-electron chi connectivity index (χ4n) is 3.66. The van der Waals surface area contributed by atoms with Crippen LogP contribution in [0.25, 0.3) is 22.3 Å². The molecule has 0 radical (unpaired) electrons. The van der Waals surface area contributed by atoms with E-state index in [1.54, 1.807) is 24.3 Å². The van der Waals surface area contributed by atoms with Crippen molar-refractivity contribution in [2.45, 2.75) is 18.8 Å². The molecule has 4 aromatic rings. The number of benzene rings is 2. The van der Waals surface area contributed by atoms with Crippen molar-refractivity contribution in [1.29, 1.82) is 0 Å². The summed E-state index contributed by atoms with van der Waals surface area (Å²) in [7, 11) is 0. The lowest BCUT2D eigenvalue weighted by molar-refractivity contribution is 0.0420. The number of nitrogens with two attached hydrogens (primary N) is 1. The Kier molecular flexibility index (Phi) is 5.18. The lowest BCUT2D eigenvalue weighted by Crippen LogP contribution is -2.22. The Labute approximate surface area is 191 Å². The summed E-state index contributed by atoms with van der Waals surface area (Å²) in [5, 5.41) is 4.58. The molecule has 1 aliphatic rings. The van der Waals surface area contributed by atoms with E-state index in [4.69, 9.17) is 26.9 Å². The molecular formula is C23H16ClFN4O4. The van der Waals surface area contributed by atoms with Gasteiger partial charge in [0, 0.05) is 17.8 Å². The lowest BCUT2D eigenvalue weighted by atomic mass is 10.0. The number of ether oxygens (including phenoxy) is 1. The molecule has 0 bridgehead atoms. The van der Waals surface area contributed by atoms with Gasteiger partial charge < -0.3 is 15.3 Å². The molecule has 166 valence electrons. The zero-order chi connectivity index (χ0) is 23.1. The van der Waals surface area contributed by atoms with Crippen LogP contribution in [0.1, 0.15) is 34.7 Å². The van der Waals surface area contributed by atoms with Crippen molar-refractivity contribution < 1.29 is 23.6 Å². The number of carbonyl (C=O) groups is 2. The van der Waals surface area contributed by atoms with Gasteiger partial charge in [-0.2, -0.15) is 0 Å². The Morgan fingerprint density at radius 2 is 1.97 bits per heavy atom. The second kappa shape index (κ2) is 8.18. The van der Waals surface area contributed by atoms with Crippen molar-refractivity contribution in [1.82, 2.24) is 14.9 Å². The van der Waals surface area contributed by atoms with Gasteiger partial charge >= 0.3 is 12.1 Å². The number of nitrogens with zero attached hydrogens (tertiary/aromatic N) is 3. The molecule has 0 unspecified atom stereocenters. The molecule has 2 aromatic carbocycles. The van der Waals surface area contributed by atoms with Gasteiger partial charge in [0.25, 0.3) is 0 Å². The van der Waals surface area contributed by atoms with E-state index >= 15 is 0 Å². The number of aromatic nitrogens is 3. The molecule has 0 spiro atoms. The molecule has 0 aliphatic heterocycles. The van der Waals surface area contributed by atoms with Crippen LogP contribution >= 0.6 is 11.6 Å². The Bertz CT molecular complexity index is 1420. The number of fused-ring (bicyclic) bond motifs is 1. The SMILES string of the molecule is NC(=O)Oc1ccc(-c2nn(OC(=O)c3c(Cl)cccc3C3CC3)c3cccnc23)c(F)c1. The second-order valence-electron chi connectivity index (χ2n) is 7.51. The van der Waals surface area contributed by atoms with E-state index in [0.29, 0.717) is 11.0 Å². The maximum atomic E-state index is 14.8. The smallest absolute Gasteiger partial charge is 0.409 e. The third kappa shape index (κ3) is 3.98. The molecule has 2 aromatic heterocycles. The first kappa shape index (κ1) is 20.9. The fourth-order valence-corrected chi connectivity index (χ4v) is 3.92. The normalized spacial score (nSPS) is 13.2. The van der Waals surface area contributed by atoms with Gasteiger partial charge in [-0.05, 0) is 54.7 Å². The first-order valence-corrected chi connectivity index (χ1v) is 10.4. The molecular weight excluding hydrogens is 451 g/mol. The number of rotatable bonds is 5. The molecule has 2 N–H and O–H groups in total. The number of pyridine rings is 1. The number of carbonyl (C=O) groups excluding carboxylic acids is 2. The zero-order valence-electron chi connectivity index (χ0n) is 17.0. The molecule has 1 aliphatic carbocycles. The van der Waals surface area contributed by atoms with Gasteiger partial charge in [-0.1, -0.05) is 28.6 Å². The van der Waals surface area contributed by atoms with E-state index in [1.165, 1.54) is 18.3 Å². The van der Waals surface area contributed by atoms with Crippen LogP contribution in [0.15, 0.2) is 54.7 Å². The molecule has 1 fully saturated rings. The third-order valence-electron chi connectivity index (χ3n) is 5.26. The van der Waals surface area contributed by atoms with Crippen molar-refractivity contribution in [3.63, 3.8) is 0 Å². The maximum Gasteiger partial charge on any atom is 0.409 e. The van der Waals surface area contributed by atoms with Crippen molar-refractivity contribution in [2.24, 2.45) is 5.73 Å². The van der Waals surface area contributed by atoms with Crippen LogP contribution in [-0.2, 0) is 0 Å². The van der Waals surface area contributed by atoms with Gasteiger partial charge in [0.1, 0.15) is 28.3 Å². The summed E-state index contributed by atoms with van der Waals surface area (Å²) < 4.78 is 19.5. The minimum absolute atomic E-state index is 0.0572. The second-order valence-corrected chi connectivity index (χ2v) is 7.92. The van der Waals surface area contributed by atoms with Crippen molar-refractivity contribution in [3.05, 3.63) is 76.7 Å². The number of amides is 1. The van der Waals surface area contributed by atoms with Crippen molar-refractivity contribution in [2.75, 3.05) is 0 Å². The summed E-state index contributed by atoms with van der Waals surface area (Å²) in [6.07, 6.45) is 2.42. The van der Waals surface area contributed by atoms with Gasteiger partial charge in [-0.15, -0.1) is 5.10 Å². The predicted octanol–water partition coefficient (Wildman–Crippen LogP) is 4.49. The fraction of sp³-hybridized carbons (Fsp3) is 0.130. The molecule has 0 saturated heterocycles. The van der Waals surface area contributed by atoms with E-state index in [0.717, 1.165) is 29.3 Å². The summed E-state index contributed by atoms with van der Waals surface area (Å²) in [4.78, 5) is 34.8. The lowest BCUT2D eigenvalue weighted by Gasteiger charge is -2.10. The molecule has 0 atom stereocenters. The third-order valence-corrected chi connectivity index (χ3v) is 5.57. The standard InChI is InChI=1S/C23H16ClFN4O4/c24-16-4-1-3-14(12-6-7-12)19(16)22(30)33-29-18-5-2-10-27-21(18)20(28-29)15-9-8-13(11-17(15)25)32-23(26)31/h1-5,8-12H,6-7H2,(H2,26,31). The summed E-state index contributed by atoms with van der Waals surface area (Å²) in [6, 6.07) is 12.3. The van der Waals surface area contributed by atoms with Gasteiger partial charge in [-0.25, -0.2) is 14.0 Å². The minimum Gasteiger partial charge on any atom is -0.410 e. The van der Waals surface area contributed by atoms with Crippen LogP contribution < -0.4 is 15.3 Å². The van der Waals surface area contributed by atoms with Crippen molar-refractivity contribution >= 4 is 34.7 Å². The first-order valence-electron chi connectivity index (χ1n) is 10.0. The Hall–Kier alpha value is -3.98. The topological polar surface area (TPSA) is 109 Å². The molecule has 1 amide bonds. The summed E-state index contributed by atoms with van der Waals surface area (Å²) in [5.74, 6) is -1.18. The Morgan fingerprint density at radius 1 is 1.15 bits per heavy atom. The molecule has 33 heavy (non-hydrogen) atoms. The highest BCUT2D eigenvalue weighted by atomic mass is 35.5. The highest BCUT2D eigenvalue weighted by Crippen LogP contribution is 2.43. The van der Waals surface area contributed by atoms with Crippen LogP contribution in [0.4, 0.5) is 9.18 Å². The van der Waals surface area contributed by atoms with Crippen LogP contribution in [0.5, 0.6) is 5.75 Å². The highest BCUT2D eigenvalue weighted by Gasteiger charge is 2.31. The van der Waals surface area contributed by atoms with Crippen LogP contribution in [0.3, 0.4) is 0 Å². The zero-order valence-corrected chi connectivity index (χ0v) is 17.8. The van der Waals surface area contributed by atoms with E-state index < -0.39 is 17.9 Å². The Morgan fingerprint density at radius 3 is 2.70 bits per heavy atom. The number of primary amides is 1. The molecule has 8 nitrogen and oxygen atoms in total. The number of halogens is 2. The molecule has 2 heterocycles. The van der Waals surface area contributed by atoms with E-state index in [2.05, 4.69) is 10.1 Å². The van der Waals surface area contributed by atoms with Gasteiger partial charge in [0.2, 0.25) is 0 Å². The predicted molar refractivity (Wildman–Crippen MR) is 117 cm³/mol. The first-order chi connectivity index (χ1) is 15.9. The van der Waals surface area contributed by atoms with E-state index in [-0.39, 0.29) is 33.5 Å². The summed E-state index contributed by atoms with van der Waals surface area (Å²) >= 11 is 6.32. The van der Waals surface area contributed by atoms with Gasteiger partial charge in [-0.3, -0.25) is 4.98 Å². The molecule has 10 heteroatoms. The monoisotopic (exact) mass is 466 g/mol. The molecule has 1 saturated carbocycles. The van der Waals surface area contributed by atoms with E-state index in [1.807, 2.05) is 6.07 Å². The molecule has 5 rings (SSSR count).